The lowest BCUT2D eigenvalue weighted by molar-refractivity contribution is 0.361. The monoisotopic (exact) mass is 235 g/mol. The Balaban J connectivity index is 2.12. The molecule has 1 aliphatic heterocycles. The van der Waals surface area contributed by atoms with Crippen LogP contribution in [0.1, 0.15) is 30.9 Å². The first kappa shape index (κ1) is 11.2. The molecule has 90 valence electrons. The molecule has 0 saturated carbocycles. The van der Waals surface area contributed by atoms with Gasteiger partial charge in [-0.25, -0.2) is 0 Å². The summed E-state index contributed by atoms with van der Waals surface area (Å²) >= 11 is 0. The Bertz CT molecular complexity index is 581. The van der Waals surface area contributed by atoms with Gasteiger partial charge in [-0.1, -0.05) is 36.1 Å². The maximum absolute atomic E-state index is 3.38. The quantitative estimate of drug-likeness (QED) is 0.674. The van der Waals surface area contributed by atoms with Crippen molar-refractivity contribution >= 4 is 0 Å². The number of nitrogens with zero attached hydrogens (tertiary/aromatic N) is 1. The standard InChI is InChI=1S/C17H17N/c1-2-18-13-16-9-4-3-7-14(16)11-12-15-8-5-6-10-17(15)18/h3-4,6-7,9-10H,2,5,8,13H2,1H3. The Morgan fingerprint density at radius 2 is 2.11 bits per heavy atom. The molecular formula is C17H17N. The number of benzene rings is 1. The normalized spacial score (nSPS) is 17.3. The van der Waals surface area contributed by atoms with E-state index in [2.05, 4.69) is 60.1 Å². The molecule has 0 amide bonds. The minimum absolute atomic E-state index is 0.963. The van der Waals surface area contributed by atoms with Crippen LogP contribution in [-0.4, -0.2) is 11.4 Å². The second kappa shape index (κ2) is 4.74. The Morgan fingerprint density at radius 3 is 3.00 bits per heavy atom. The Kier molecular flexibility index (Phi) is 2.94. The highest BCUT2D eigenvalue weighted by molar-refractivity contribution is 5.50. The van der Waals surface area contributed by atoms with Crippen LogP contribution in [0.25, 0.3) is 0 Å². The summed E-state index contributed by atoms with van der Waals surface area (Å²) in [5, 5.41) is 0. The maximum atomic E-state index is 3.38. The van der Waals surface area contributed by atoms with Gasteiger partial charge in [-0.05, 0) is 37.5 Å². The van der Waals surface area contributed by atoms with Crippen molar-refractivity contribution in [2.24, 2.45) is 0 Å². The third-order valence-corrected chi connectivity index (χ3v) is 3.59. The zero-order valence-corrected chi connectivity index (χ0v) is 10.7. The van der Waals surface area contributed by atoms with Crippen LogP contribution in [0.4, 0.5) is 0 Å². The number of likely N-dealkylation sites (N-methyl/N-ethyl adjacent to an activating group) is 1. The van der Waals surface area contributed by atoms with Crippen LogP contribution in [-0.2, 0) is 6.54 Å². The van der Waals surface area contributed by atoms with Gasteiger partial charge in [0.05, 0.1) is 0 Å². The van der Waals surface area contributed by atoms with Crippen LogP contribution >= 0.6 is 0 Å². The summed E-state index contributed by atoms with van der Waals surface area (Å²) in [6.07, 6.45) is 6.70. The molecule has 0 saturated heterocycles. The van der Waals surface area contributed by atoms with Gasteiger partial charge in [-0.15, -0.1) is 0 Å². The number of rotatable bonds is 1. The van der Waals surface area contributed by atoms with Gasteiger partial charge >= 0.3 is 0 Å². The van der Waals surface area contributed by atoms with Gasteiger partial charge in [0, 0.05) is 29.9 Å². The highest BCUT2D eigenvalue weighted by Crippen LogP contribution is 2.25. The number of fused-ring (bicyclic) bond motifs is 1. The Labute approximate surface area is 109 Å². The van der Waals surface area contributed by atoms with E-state index in [4.69, 9.17) is 0 Å². The zero-order valence-electron chi connectivity index (χ0n) is 10.7. The van der Waals surface area contributed by atoms with Gasteiger partial charge in [0.25, 0.3) is 0 Å². The number of hydrogen-bond donors (Lipinski definition) is 0. The molecule has 0 radical (unpaired) electrons. The van der Waals surface area contributed by atoms with E-state index in [1.807, 2.05) is 0 Å². The smallest absolute Gasteiger partial charge is 0.0483 e. The van der Waals surface area contributed by atoms with E-state index in [1.54, 1.807) is 0 Å². The molecule has 0 atom stereocenters. The highest BCUT2D eigenvalue weighted by atomic mass is 15.1. The lowest BCUT2D eigenvalue weighted by Gasteiger charge is -2.29. The fourth-order valence-electron chi connectivity index (χ4n) is 2.57. The fraction of sp³-hybridized carbons (Fsp3) is 0.294. The van der Waals surface area contributed by atoms with Crippen molar-refractivity contribution in [1.82, 2.24) is 4.90 Å². The molecule has 3 rings (SSSR count). The maximum Gasteiger partial charge on any atom is 0.0483 e. The molecule has 0 aromatic heterocycles. The minimum atomic E-state index is 0.963. The fourth-order valence-corrected chi connectivity index (χ4v) is 2.57. The molecule has 1 heterocycles. The summed E-state index contributed by atoms with van der Waals surface area (Å²) < 4.78 is 0. The first-order chi connectivity index (χ1) is 8.88. The summed E-state index contributed by atoms with van der Waals surface area (Å²) in [5.41, 5.74) is 5.13. The van der Waals surface area contributed by atoms with Crippen molar-refractivity contribution in [3.63, 3.8) is 0 Å². The van der Waals surface area contributed by atoms with Gasteiger partial charge in [0.15, 0.2) is 0 Å². The number of hydrogen-bond acceptors (Lipinski definition) is 1. The van der Waals surface area contributed by atoms with Gasteiger partial charge < -0.3 is 4.90 Å². The van der Waals surface area contributed by atoms with Crippen LogP contribution in [0.15, 0.2) is 47.7 Å². The third-order valence-electron chi connectivity index (χ3n) is 3.59. The van der Waals surface area contributed by atoms with Gasteiger partial charge in [-0.3, -0.25) is 0 Å². The van der Waals surface area contributed by atoms with E-state index in [1.165, 1.54) is 22.4 Å². The van der Waals surface area contributed by atoms with Crippen LogP contribution < -0.4 is 0 Å². The Morgan fingerprint density at radius 1 is 1.22 bits per heavy atom. The molecule has 0 fully saturated rings. The first-order valence-corrected chi connectivity index (χ1v) is 6.63. The van der Waals surface area contributed by atoms with Gasteiger partial charge in [0.2, 0.25) is 0 Å². The number of allylic oxidation sites excluding steroid dienone is 3. The van der Waals surface area contributed by atoms with E-state index in [0.717, 1.165) is 25.9 Å². The average molecular weight is 235 g/mol. The van der Waals surface area contributed by atoms with Crippen molar-refractivity contribution < 1.29 is 0 Å². The van der Waals surface area contributed by atoms with Crippen molar-refractivity contribution in [2.45, 2.75) is 26.3 Å². The predicted molar refractivity (Wildman–Crippen MR) is 74.8 cm³/mol. The van der Waals surface area contributed by atoms with Crippen LogP contribution in [0.3, 0.4) is 0 Å². The van der Waals surface area contributed by atoms with Crippen molar-refractivity contribution in [3.8, 4) is 11.8 Å². The van der Waals surface area contributed by atoms with Gasteiger partial charge in [-0.2, -0.15) is 0 Å². The van der Waals surface area contributed by atoms with E-state index in [-0.39, 0.29) is 0 Å². The van der Waals surface area contributed by atoms with Crippen molar-refractivity contribution in [1.29, 1.82) is 0 Å². The molecule has 18 heavy (non-hydrogen) atoms. The summed E-state index contributed by atoms with van der Waals surface area (Å²) in [7, 11) is 0. The molecule has 1 aromatic rings. The lowest BCUT2D eigenvalue weighted by Crippen LogP contribution is -2.24. The lowest BCUT2D eigenvalue weighted by atomic mass is 9.97. The topological polar surface area (TPSA) is 3.24 Å². The summed E-state index contributed by atoms with van der Waals surface area (Å²) in [4.78, 5) is 2.43. The zero-order chi connectivity index (χ0) is 12.4. The van der Waals surface area contributed by atoms with Crippen LogP contribution in [0.2, 0.25) is 0 Å². The second-order valence-corrected chi connectivity index (χ2v) is 4.73. The molecule has 0 N–H and O–H groups in total. The molecule has 1 heteroatoms. The van der Waals surface area contributed by atoms with E-state index in [9.17, 15) is 0 Å². The summed E-state index contributed by atoms with van der Waals surface area (Å²) in [6, 6.07) is 8.48. The molecular weight excluding hydrogens is 218 g/mol. The van der Waals surface area contributed by atoms with E-state index < -0.39 is 0 Å². The van der Waals surface area contributed by atoms with Crippen LogP contribution in [0.5, 0.6) is 0 Å². The summed E-state index contributed by atoms with van der Waals surface area (Å²) in [6.45, 7) is 4.20. The highest BCUT2D eigenvalue weighted by Gasteiger charge is 2.16. The van der Waals surface area contributed by atoms with Crippen LogP contribution in [0, 0.1) is 11.8 Å². The molecule has 0 bridgehead atoms. The molecule has 1 aliphatic carbocycles. The average Bonchev–Trinajstić information content (AvgIpc) is 2.41. The third kappa shape index (κ3) is 1.95. The van der Waals surface area contributed by atoms with E-state index in [0.29, 0.717) is 0 Å². The molecule has 1 nitrogen and oxygen atoms in total. The molecule has 1 aromatic carbocycles. The Hall–Kier alpha value is -1.94. The molecule has 0 unspecified atom stereocenters. The van der Waals surface area contributed by atoms with Gasteiger partial charge in [0.1, 0.15) is 0 Å². The van der Waals surface area contributed by atoms with E-state index >= 15 is 0 Å². The molecule has 2 aliphatic rings. The molecule has 0 spiro atoms. The van der Waals surface area contributed by atoms with Crippen molar-refractivity contribution in [2.75, 3.05) is 6.54 Å². The predicted octanol–water partition coefficient (Wildman–Crippen LogP) is 3.48. The summed E-state index contributed by atoms with van der Waals surface area (Å²) in [5.74, 6) is 6.72. The largest absolute Gasteiger partial charge is 0.367 e. The minimum Gasteiger partial charge on any atom is -0.367 e. The van der Waals surface area contributed by atoms with Crippen molar-refractivity contribution in [3.05, 3.63) is 58.8 Å². The SMILES string of the molecule is CCN1Cc2ccccc2C#CC2=C1C=CCC2. The first-order valence-electron chi connectivity index (χ1n) is 6.63. The second-order valence-electron chi connectivity index (χ2n) is 4.73.